The molecule has 0 saturated heterocycles. The summed E-state index contributed by atoms with van der Waals surface area (Å²) in [6, 6.07) is 9.03. The molecule has 49 heavy (non-hydrogen) atoms. The Morgan fingerprint density at radius 2 is 1.67 bits per heavy atom. The van der Waals surface area contributed by atoms with Gasteiger partial charge in [-0.1, -0.05) is 69.7 Å². The fourth-order valence-electron chi connectivity index (χ4n) is 11.8. The van der Waals surface area contributed by atoms with Gasteiger partial charge >= 0.3 is 23.3 Å². The fourth-order valence-corrected chi connectivity index (χ4v) is 11.8. The largest absolute Gasteiger partial charge is 0.462 e. The molecule has 10 atom stereocenters. The number of hydrogen-bond donors (Lipinski definition) is 1. The zero-order valence-electron chi connectivity index (χ0n) is 29.8. The molecule has 1 aromatic carbocycles. The highest BCUT2D eigenvalue weighted by Crippen LogP contribution is 2.73. The molecule has 10 nitrogen and oxygen atoms in total. The van der Waals surface area contributed by atoms with Gasteiger partial charge < -0.3 is 14.6 Å². The normalized spacial score (nSPS) is 37.5. The molecule has 264 valence electrons. The summed E-state index contributed by atoms with van der Waals surface area (Å²) in [5.74, 6) is -0.432. The van der Waals surface area contributed by atoms with Gasteiger partial charge in [-0.05, 0) is 81.3 Å². The van der Waals surface area contributed by atoms with E-state index in [1.54, 1.807) is 21.5 Å². The zero-order chi connectivity index (χ0) is 35.3. The van der Waals surface area contributed by atoms with E-state index in [9.17, 15) is 24.3 Å². The molecule has 4 aliphatic carbocycles. The van der Waals surface area contributed by atoms with E-state index in [2.05, 4.69) is 32.9 Å². The molecule has 3 heterocycles. The molecular weight excluding hydrogens is 622 g/mol. The number of carbonyl (C=O) groups excluding carboxylic acids is 2. The maximum atomic E-state index is 14.9. The van der Waals surface area contributed by atoms with Crippen LogP contribution in [0.2, 0.25) is 0 Å². The van der Waals surface area contributed by atoms with Crippen molar-refractivity contribution in [3.8, 4) is 5.69 Å². The van der Waals surface area contributed by atoms with Crippen molar-refractivity contribution in [1.29, 1.82) is 0 Å². The van der Waals surface area contributed by atoms with Crippen LogP contribution in [0.3, 0.4) is 0 Å². The second-order valence-corrected chi connectivity index (χ2v) is 16.7. The molecule has 1 N–H and O–H groups in total. The van der Waals surface area contributed by atoms with Crippen molar-refractivity contribution in [2.24, 2.45) is 34.5 Å². The van der Waals surface area contributed by atoms with Crippen molar-refractivity contribution >= 4 is 11.9 Å². The molecule has 6 aliphatic rings. The van der Waals surface area contributed by atoms with Crippen LogP contribution in [0, 0.1) is 34.5 Å². The number of aliphatic hydroxyl groups is 1. The summed E-state index contributed by atoms with van der Waals surface area (Å²) in [7, 11) is 0. The van der Waals surface area contributed by atoms with Crippen molar-refractivity contribution in [3.63, 3.8) is 0 Å². The summed E-state index contributed by atoms with van der Waals surface area (Å²) in [4.78, 5) is 54.2. The molecule has 0 amide bonds. The van der Waals surface area contributed by atoms with Crippen molar-refractivity contribution in [2.45, 2.75) is 122 Å². The maximum Gasteiger partial charge on any atom is 0.352 e. The molecule has 8 rings (SSSR count). The van der Waals surface area contributed by atoms with E-state index < -0.39 is 45.7 Å². The van der Waals surface area contributed by atoms with Crippen LogP contribution < -0.4 is 11.4 Å². The minimum absolute atomic E-state index is 0.0247. The number of ether oxygens (including phenoxy) is 2. The van der Waals surface area contributed by atoms with Gasteiger partial charge in [0.25, 0.3) is 0 Å². The number of carbonyl (C=O) groups is 2. The van der Waals surface area contributed by atoms with Gasteiger partial charge in [0, 0.05) is 31.6 Å². The van der Waals surface area contributed by atoms with E-state index in [-0.39, 0.29) is 41.5 Å². The van der Waals surface area contributed by atoms with E-state index in [1.165, 1.54) is 18.4 Å². The van der Waals surface area contributed by atoms with E-state index in [0.29, 0.717) is 18.0 Å². The number of allylic oxidation sites excluding steroid dienone is 3. The van der Waals surface area contributed by atoms with Crippen molar-refractivity contribution < 1.29 is 24.2 Å². The van der Waals surface area contributed by atoms with Crippen LogP contribution in [-0.2, 0) is 30.1 Å². The van der Waals surface area contributed by atoms with Gasteiger partial charge in [0.1, 0.15) is 11.7 Å². The molecule has 0 radical (unpaired) electrons. The van der Waals surface area contributed by atoms with Crippen LogP contribution in [0.4, 0.5) is 0 Å². The predicted octanol–water partition coefficient (Wildman–Crippen LogP) is 5.23. The Balaban J connectivity index is 1.39. The maximum absolute atomic E-state index is 14.9. The van der Waals surface area contributed by atoms with E-state index >= 15 is 0 Å². The second-order valence-electron chi connectivity index (χ2n) is 16.7. The highest BCUT2D eigenvalue weighted by atomic mass is 16.6. The average molecular weight is 674 g/mol. The molecule has 0 unspecified atom stereocenters. The van der Waals surface area contributed by atoms with Gasteiger partial charge in [-0.25, -0.2) is 23.5 Å². The standard InChI is InChI=1S/C39H51N3O7/c1-24(12-11-18-35(4,5)49-26(3)44)29-15-16-31-36(29,6)23-30(48-25(2)43)32-37(7)19-17-28(45)22-38(37)20-21-39(31,32)42-34(47)40(33(46)41(38)42)27-13-9-8-10-14-27/h8-10,13-14,17,19-21,24,28-32,45H,11-12,15-16,18,22-23H2,1-7H3/t24-,28+,29-,30-,31-,32-,36-,37-,38-,39+/m1/s1. The quantitative estimate of drug-likeness (QED) is 0.301. The summed E-state index contributed by atoms with van der Waals surface area (Å²) < 4.78 is 16.6. The van der Waals surface area contributed by atoms with Crippen LogP contribution in [0.5, 0.6) is 0 Å². The lowest BCUT2D eigenvalue weighted by atomic mass is 9.40. The van der Waals surface area contributed by atoms with Crippen LogP contribution in [-0.4, -0.2) is 48.8 Å². The zero-order valence-corrected chi connectivity index (χ0v) is 29.8. The topological polar surface area (TPSA) is 122 Å². The Morgan fingerprint density at radius 3 is 2.35 bits per heavy atom. The molecule has 2 aromatic rings. The highest BCUT2D eigenvalue weighted by molar-refractivity contribution is 5.66. The first-order valence-corrected chi connectivity index (χ1v) is 18.0. The first-order chi connectivity index (χ1) is 23.0. The van der Waals surface area contributed by atoms with Gasteiger partial charge in [-0.3, -0.25) is 9.59 Å². The molecule has 2 bridgehead atoms. The molecule has 2 spiro atoms. The number of para-hydroxylation sites is 1. The molecular formula is C39H51N3O7. The summed E-state index contributed by atoms with van der Waals surface area (Å²) in [6.07, 6.45) is 12.0. The fraction of sp³-hybridized carbons (Fsp3) is 0.641. The molecule has 1 aromatic heterocycles. The van der Waals surface area contributed by atoms with Crippen LogP contribution in [0.1, 0.15) is 93.4 Å². The number of esters is 2. The predicted molar refractivity (Wildman–Crippen MR) is 184 cm³/mol. The number of nitrogens with zero attached hydrogens (tertiary/aromatic N) is 3. The molecule has 2 fully saturated rings. The Kier molecular flexibility index (Phi) is 7.71. The number of hydrogen-bond acceptors (Lipinski definition) is 7. The Morgan fingerprint density at radius 1 is 0.980 bits per heavy atom. The van der Waals surface area contributed by atoms with Crippen LogP contribution in [0.15, 0.2) is 64.2 Å². The lowest BCUT2D eigenvalue weighted by Gasteiger charge is -2.71. The van der Waals surface area contributed by atoms with Crippen LogP contribution in [0.25, 0.3) is 5.69 Å². The molecule has 2 aliphatic heterocycles. The summed E-state index contributed by atoms with van der Waals surface area (Å²) >= 11 is 0. The van der Waals surface area contributed by atoms with Crippen molar-refractivity contribution in [2.75, 3.05) is 0 Å². The molecule has 10 heteroatoms. The average Bonchev–Trinajstić information content (AvgIpc) is 3.50. The minimum atomic E-state index is -1.05. The number of aliphatic hydroxyl groups excluding tert-OH is 1. The Labute approximate surface area is 287 Å². The highest BCUT2D eigenvalue weighted by Gasteiger charge is 2.77. The number of rotatable bonds is 8. The first kappa shape index (κ1) is 33.8. The number of aromatic nitrogens is 3. The third-order valence-corrected chi connectivity index (χ3v) is 13.4. The number of fused-ring (bicyclic) bond motifs is 1. The van der Waals surface area contributed by atoms with Gasteiger partial charge in [-0.2, -0.15) is 0 Å². The van der Waals surface area contributed by atoms with Crippen LogP contribution >= 0.6 is 0 Å². The number of benzene rings is 1. The van der Waals surface area contributed by atoms with Crippen molar-refractivity contribution in [3.05, 3.63) is 75.6 Å². The SMILES string of the molecule is CC(=O)O[C@@H]1C[C@]2(C)[C@@H]([C@H](C)CCCC(C)(C)OC(C)=O)CC[C@H]2[C@@]23C=C[C@]4(C[C@@H](O)C=C[C@]4(C)[C@@H]12)n1c(=O)n(-c2ccccc2)c(=O)n13. The smallest absolute Gasteiger partial charge is 0.352 e. The summed E-state index contributed by atoms with van der Waals surface area (Å²) in [5.41, 5.74) is -3.96. The minimum Gasteiger partial charge on any atom is -0.462 e. The monoisotopic (exact) mass is 673 g/mol. The first-order valence-electron chi connectivity index (χ1n) is 18.0. The van der Waals surface area contributed by atoms with Gasteiger partial charge in [-0.15, -0.1) is 0 Å². The third kappa shape index (κ3) is 4.61. The summed E-state index contributed by atoms with van der Waals surface area (Å²) in [6.45, 7) is 13.5. The Bertz CT molecular complexity index is 1850. The lowest BCUT2D eigenvalue weighted by molar-refractivity contribution is -0.221. The van der Waals surface area contributed by atoms with E-state index in [1.807, 2.05) is 44.2 Å². The van der Waals surface area contributed by atoms with Crippen molar-refractivity contribution in [1.82, 2.24) is 13.9 Å². The lowest BCUT2D eigenvalue weighted by Crippen LogP contribution is -2.78. The Hall–Kier alpha value is -3.66. The second kappa shape index (κ2) is 11.2. The van der Waals surface area contributed by atoms with Gasteiger partial charge in [0.15, 0.2) is 0 Å². The van der Waals surface area contributed by atoms with Gasteiger partial charge in [0.2, 0.25) is 0 Å². The summed E-state index contributed by atoms with van der Waals surface area (Å²) in [5, 5.41) is 11.1. The third-order valence-electron chi connectivity index (χ3n) is 13.4. The van der Waals surface area contributed by atoms with Gasteiger partial charge in [0.05, 0.1) is 22.9 Å². The van der Waals surface area contributed by atoms with E-state index in [0.717, 1.165) is 32.1 Å². The molecule has 2 saturated carbocycles. The van der Waals surface area contributed by atoms with E-state index in [4.69, 9.17) is 9.47 Å².